The molecule has 1 aliphatic heterocycles. The smallest absolute Gasteiger partial charge is 0.0890 e. The first-order valence-corrected chi connectivity index (χ1v) is 8.25. The van der Waals surface area contributed by atoms with E-state index in [1.165, 1.54) is 11.1 Å². The maximum absolute atomic E-state index is 9.45. The molecule has 126 valence electrons. The molecule has 0 aliphatic carbocycles. The SMILES string of the molecule is CN1C=C(c2cccc(CO)c2)C(c2ccc3nccnc3c2)N1C. The minimum Gasteiger partial charge on any atom is -0.392 e. The Labute approximate surface area is 146 Å². The number of likely N-dealkylation sites (N-methyl/N-ethyl adjacent to an activating group) is 1. The van der Waals surface area contributed by atoms with Crippen molar-refractivity contribution in [1.82, 2.24) is 20.0 Å². The predicted molar refractivity (Wildman–Crippen MR) is 98.1 cm³/mol. The fourth-order valence-corrected chi connectivity index (χ4v) is 3.37. The molecular formula is C20H20N4O. The van der Waals surface area contributed by atoms with Crippen molar-refractivity contribution in [2.24, 2.45) is 0 Å². The van der Waals surface area contributed by atoms with Crippen LogP contribution in [0.2, 0.25) is 0 Å². The Kier molecular flexibility index (Phi) is 3.95. The molecular weight excluding hydrogens is 312 g/mol. The summed E-state index contributed by atoms with van der Waals surface area (Å²) < 4.78 is 0. The number of nitrogens with zero attached hydrogens (tertiary/aromatic N) is 4. The summed E-state index contributed by atoms with van der Waals surface area (Å²) >= 11 is 0. The Morgan fingerprint density at radius 1 is 1.00 bits per heavy atom. The van der Waals surface area contributed by atoms with Crippen LogP contribution in [0.4, 0.5) is 0 Å². The lowest BCUT2D eigenvalue weighted by Gasteiger charge is -2.28. The van der Waals surface area contributed by atoms with Gasteiger partial charge in [-0.2, -0.15) is 0 Å². The monoisotopic (exact) mass is 332 g/mol. The Bertz CT molecular complexity index is 953. The molecule has 25 heavy (non-hydrogen) atoms. The third-order valence-electron chi connectivity index (χ3n) is 4.74. The molecule has 0 fully saturated rings. The molecule has 1 aromatic heterocycles. The van der Waals surface area contributed by atoms with Gasteiger partial charge in [-0.15, -0.1) is 0 Å². The van der Waals surface area contributed by atoms with Crippen LogP contribution < -0.4 is 0 Å². The fraction of sp³-hybridized carbons (Fsp3) is 0.200. The maximum atomic E-state index is 9.45. The molecule has 0 bridgehead atoms. The lowest BCUT2D eigenvalue weighted by atomic mass is 9.93. The van der Waals surface area contributed by atoms with E-state index in [1.807, 2.05) is 31.3 Å². The van der Waals surface area contributed by atoms with Gasteiger partial charge in [-0.3, -0.25) is 9.97 Å². The van der Waals surface area contributed by atoms with Gasteiger partial charge in [0.15, 0.2) is 0 Å². The number of aliphatic hydroxyl groups excluding tert-OH is 1. The zero-order valence-electron chi connectivity index (χ0n) is 14.3. The van der Waals surface area contributed by atoms with E-state index in [4.69, 9.17) is 0 Å². The van der Waals surface area contributed by atoms with Gasteiger partial charge in [0.1, 0.15) is 0 Å². The van der Waals surface area contributed by atoms with Gasteiger partial charge < -0.3 is 10.1 Å². The molecule has 1 atom stereocenters. The summed E-state index contributed by atoms with van der Waals surface area (Å²) in [6, 6.07) is 14.4. The second-order valence-corrected chi connectivity index (χ2v) is 6.30. The van der Waals surface area contributed by atoms with Gasteiger partial charge in [0.25, 0.3) is 0 Å². The maximum Gasteiger partial charge on any atom is 0.0890 e. The third-order valence-corrected chi connectivity index (χ3v) is 4.74. The van der Waals surface area contributed by atoms with Crippen LogP contribution in [0.25, 0.3) is 16.6 Å². The highest BCUT2D eigenvalue weighted by molar-refractivity contribution is 5.78. The number of aliphatic hydroxyl groups is 1. The minimum absolute atomic E-state index is 0.0447. The van der Waals surface area contributed by atoms with E-state index in [-0.39, 0.29) is 12.6 Å². The highest BCUT2D eigenvalue weighted by Crippen LogP contribution is 2.40. The molecule has 4 rings (SSSR count). The molecule has 1 aliphatic rings. The number of aromatic nitrogens is 2. The summed E-state index contributed by atoms with van der Waals surface area (Å²) in [4.78, 5) is 8.79. The molecule has 0 saturated carbocycles. The average molecular weight is 332 g/mol. The van der Waals surface area contributed by atoms with E-state index >= 15 is 0 Å². The summed E-state index contributed by atoms with van der Waals surface area (Å²) in [6.45, 7) is 0.0447. The number of hydrogen-bond acceptors (Lipinski definition) is 5. The lowest BCUT2D eigenvalue weighted by Crippen LogP contribution is -2.30. The number of hydrogen-bond donors (Lipinski definition) is 1. The second-order valence-electron chi connectivity index (χ2n) is 6.30. The van der Waals surface area contributed by atoms with Crippen molar-refractivity contribution in [1.29, 1.82) is 0 Å². The molecule has 2 aromatic carbocycles. The Morgan fingerprint density at radius 2 is 1.80 bits per heavy atom. The molecule has 1 N–H and O–H groups in total. The molecule has 3 aromatic rings. The van der Waals surface area contributed by atoms with Crippen molar-refractivity contribution in [3.05, 3.63) is 77.7 Å². The van der Waals surface area contributed by atoms with Crippen LogP contribution in [0.5, 0.6) is 0 Å². The number of hydrazine groups is 1. The summed E-state index contributed by atoms with van der Waals surface area (Å²) in [5.74, 6) is 0. The summed E-state index contributed by atoms with van der Waals surface area (Å²) in [7, 11) is 4.11. The molecule has 0 saturated heterocycles. The van der Waals surface area contributed by atoms with Crippen molar-refractivity contribution < 1.29 is 5.11 Å². The van der Waals surface area contributed by atoms with Gasteiger partial charge in [0.05, 0.1) is 23.7 Å². The van der Waals surface area contributed by atoms with Crippen LogP contribution in [-0.4, -0.2) is 39.2 Å². The molecule has 5 heteroatoms. The van der Waals surface area contributed by atoms with Crippen LogP contribution in [0.3, 0.4) is 0 Å². The predicted octanol–water partition coefficient (Wildman–Crippen LogP) is 3.00. The Balaban J connectivity index is 1.80. The molecule has 0 spiro atoms. The normalized spacial score (nSPS) is 18.0. The van der Waals surface area contributed by atoms with Crippen LogP contribution in [-0.2, 0) is 6.61 Å². The van der Waals surface area contributed by atoms with Gasteiger partial charge in [0, 0.05) is 38.3 Å². The molecule has 0 radical (unpaired) electrons. The van der Waals surface area contributed by atoms with Crippen molar-refractivity contribution >= 4 is 16.6 Å². The zero-order chi connectivity index (χ0) is 17.4. The second kappa shape index (κ2) is 6.27. The van der Waals surface area contributed by atoms with Crippen LogP contribution in [0, 0.1) is 0 Å². The molecule has 0 amide bonds. The van der Waals surface area contributed by atoms with Gasteiger partial charge >= 0.3 is 0 Å². The van der Waals surface area contributed by atoms with E-state index in [1.54, 1.807) is 12.4 Å². The Hall–Kier alpha value is -2.76. The fourth-order valence-electron chi connectivity index (χ4n) is 3.37. The topological polar surface area (TPSA) is 52.5 Å². The Morgan fingerprint density at radius 3 is 2.60 bits per heavy atom. The first-order chi connectivity index (χ1) is 12.2. The summed E-state index contributed by atoms with van der Waals surface area (Å²) in [5, 5.41) is 13.7. The third kappa shape index (κ3) is 2.77. The first kappa shape index (κ1) is 15.7. The van der Waals surface area contributed by atoms with E-state index < -0.39 is 0 Å². The quantitative estimate of drug-likeness (QED) is 0.799. The minimum atomic E-state index is 0.0447. The lowest BCUT2D eigenvalue weighted by molar-refractivity contribution is 0.0753. The zero-order valence-corrected chi connectivity index (χ0v) is 14.3. The van der Waals surface area contributed by atoms with Gasteiger partial charge in [-0.25, -0.2) is 5.01 Å². The van der Waals surface area contributed by atoms with Crippen LogP contribution >= 0.6 is 0 Å². The van der Waals surface area contributed by atoms with Gasteiger partial charge in [0.2, 0.25) is 0 Å². The summed E-state index contributed by atoms with van der Waals surface area (Å²) in [6.07, 6.45) is 5.57. The highest BCUT2D eigenvalue weighted by atomic mass is 16.3. The molecule has 5 nitrogen and oxygen atoms in total. The number of rotatable bonds is 3. The van der Waals surface area contributed by atoms with Gasteiger partial charge in [-0.1, -0.05) is 24.3 Å². The van der Waals surface area contributed by atoms with Crippen molar-refractivity contribution in [2.45, 2.75) is 12.6 Å². The number of fused-ring (bicyclic) bond motifs is 1. The highest BCUT2D eigenvalue weighted by Gasteiger charge is 2.30. The molecule has 1 unspecified atom stereocenters. The van der Waals surface area contributed by atoms with Gasteiger partial charge in [-0.05, 0) is 34.9 Å². The van der Waals surface area contributed by atoms with Crippen molar-refractivity contribution in [3.8, 4) is 0 Å². The van der Waals surface area contributed by atoms with E-state index in [9.17, 15) is 5.11 Å². The summed E-state index contributed by atoms with van der Waals surface area (Å²) in [5.41, 5.74) is 6.19. The standard InChI is InChI=1S/C20H20N4O/c1-23-12-17(15-5-3-4-14(10-15)13-25)20(24(23)2)16-6-7-18-19(11-16)22-9-8-21-18/h3-12,20,25H,13H2,1-2H3. The van der Waals surface area contributed by atoms with E-state index in [0.717, 1.165) is 22.2 Å². The van der Waals surface area contributed by atoms with E-state index in [0.29, 0.717) is 0 Å². The van der Waals surface area contributed by atoms with Crippen LogP contribution in [0.15, 0.2) is 61.1 Å². The van der Waals surface area contributed by atoms with Crippen LogP contribution in [0.1, 0.15) is 22.7 Å². The first-order valence-electron chi connectivity index (χ1n) is 8.25. The average Bonchev–Trinajstić information content (AvgIpc) is 2.96. The largest absolute Gasteiger partial charge is 0.392 e. The molecule has 2 heterocycles. The number of benzene rings is 2. The van der Waals surface area contributed by atoms with Crippen molar-refractivity contribution in [2.75, 3.05) is 14.1 Å². The van der Waals surface area contributed by atoms with E-state index in [2.05, 4.69) is 51.4 Å². The van der Waals surface area contributed by atoms with Crippen molar-refractivity contribution in [3.63, 3.8) is 0 Å².